The lowest BCUT2D eigenvalue weighted by atomic mass is 10.0. The van der Waals surface area contributed by atoms with Crippen LogP contribution in [0.2, 0.25) is 0 Å². The van der Waals surface area contributed by atoms with E-state index in [2.05, 4.69) is 17.2 Å². The molecule has 5 nitrogen and oxygen atoms in total. The summed E-state index contributed by atoms with van der Waals surface area (Å²) in [6.45, 7) is 7.67. The number of hydrogen-bond donors (Lipinski definition) is 2. The molecule has 0 aliphatic heterocycles. The van der Waals surface area contributed by atoms with Crippen molar-refractivity contribution < 1.29 is 14.3 Å². The van der Waals surface area contributed by atoms with Crippen LogP contribution in [0, 0.1) is 5.92 Å². The molecule has 0 saturated heterocycles. The van der Waals surface area contributed by atoms with Crippen molar-refractivity contribution in [1.82, 2.24) is 10.6 Å². The van der Waals surface area contributed by atoms with Crippen molar-refractivity contribution >= 4 is 11.8 Å². The van der Waals surface area contributed by atoms with Crippen LogP contribution < -0.4 is 15.4 Å². The number of para-hydroxylation sites is 1. The zero-order valence-corrected chi connectivity index (χ0v) is 12.7. The van der Waals surface area contributed by atoms with Gasteiger partial charge in [-0.3, -0.25) is 9.59 Å². The molecule has 21 heavy (non-hydrogen) atoms. The number of hydrogen-bond acceptors (Lipinski definition) is 3. The summed E-state index contributed by atoms with van der Waals surface area (Å²) in [6.07, 6.45) is 1.59. The van der Waals surface area contributed by atoms with Gasteiger partial charge >= 0.3 is 0 Å². The normalized spacial score (nSPS) is 11.6. The monoisotopic (exact) mass is 290 g/mol. The molecule has 0 radical (unpaired) electrons. The molecule has 0 aliphatic carbocycles. The van der Waals surface area contributed by atoms with Crippen LogP contribution in [0.3, 0.4) is 0 Å². The third kappa shape index (κ3) is 4.63. The number of benzene rings is 1. The Morgan fingerprint density at radius 3 is 2.57 bits per heavy atom. The standard InChI is InChI=1S/C16H22N2O3/c1-5-10-17-16(20)14(11(2)3)18-15(19)12-8-6-7-9-13(12)21-4/h5-9,11,14H,1,10H2,2-4H3,(H,17,20)(H,18,19)/t14-/m0/s1. The Kier molecular flexibility index (Phi) is 6.46. The Hall–Kier alpha value is -2.30. The molecule has 5 heteroatoms. The quantitative estimate of drug-likeness (QED) is 0.752. The number of nitrogens with one attached hydrogen (secondary N) is 2. The molecule has 114 valence electrons. The van der Waals surface area contributed by atoms with E-state index in [0.29, 0.717) is 17.9 Å². The van der Waals surface area contributed by atoms with Crippen LogP contribution in [0.5, 0.6) is 5.75 Å². The predicted octanol–water partition coefficient (Wildman–Crippen LogP) is 1.75. The summed E-state index contributed by atoms with van der Waals surface area (Å²) in [5.74, 6) is -0.120. The van der Waals surface area contributed by atoms with Gasteiger partial charge in [0.05, 0.1) is 12.7 Å². The summed E-state index contributed by atoms with van der Waals surface area (Å²) in [6, 6.07) is 6.29. The van der Waals surface area contributed by atoms with Crippen molar-refractivity contribution in [1.29, 1.82) is 0 Å². The fourth-order valence-electron chi connectivity index (χ4n) is 1.87. The lowest BCUT2D eigenvalue weighted by Crippen LogP contribution is -2.49. The maximum Gasteiger partial charge on any atom is 0.255 e. The number of carbonyl (C=O) groups is 2. The second-order valence-corrected chi connectivity index (χ2v) is 4.93. The van der Waals surface area contributed by atoms with Crippen molar-refractivity contribution in [2.75, 3.05) is 13.7 Å². The third-order valence-electron chi connectivity index (χ3n) is 3.01. The smallest absolute Gasteiger partial charge is 0.255 e. The van der Waals surface area contributed by atoms with Crippen molar-refractivity contribution in [3.63, 3.8) is 0 Å². The van der Waals surface area contributed by atoms with Crippen LogP contribution in [-0.2, 0) is 4.79 Å². The van der Waals surface area contributed by atoms with Crippen LogP contribution in [0.15, 0.2) is 36.9 Å². The van der Waals surface area contributed by atoms with E-state index >= 15 is 0 Å². The molecule has 0 heterocycles. The highest BCUT2D eigenvalue weighted by atomic mass is 16.5. The van der Waals surface area contributed by atoms with Gasteiger partial charge in [0.25, 0.3) is 5.91 Å². The highest BCUT2D eigenvalue weighted by molar-refractivity contribution is 5.99. The molecule has 0 fully saturated rings. The maximum atomic E-state index is 12.3. The molecule has 0 bridgehead atoms. The highest BCUT2D eigenvalue weighted by Gasteiger charge is 2.25. The van der Waals surface area contributed by atoms with Gasteiger partial charge < -0.3 is 15.4 Å². The van der Waals surface area contributed by atoms with Crippen molar-refractivity contribution in [2.24, 2.45) is 5.92 Å². The van der Waals surface area contributed by atoms with E-state index in [1.807, 2.05) is 13.8 Å². The van der Waals surface area contributed by atoms with Gasteiger partial charge in [-0.1, -0.05) is 32.1 Å². The molecule has 0 spiro atoms. The minimum Gasteiger partial charge on any atom is -0.496 e. The Morgan fingerprint density at radius 2 is 2.00 bits per heavy atom. The first-order valence-corrected chi connectivity index (χ1v) is 6.83. The summed E-state index contributed by atoms with van der Waals surface area (Å²) in [5, 5.41) is 5.45. The topological polar surface area (TPSA) is 67.4 Å². The lowest BCUT2D eigenvalue weighted by Gasteiger charge is -2.21. The average Bonchev–Trinajstić information content (AvgIpc) is 2.49. The summed E-state index contributed by atoms with van der Waals surface area (Å²) >= 11 is 0. The highest BCUT2D eigenvalue weighted by Crippen LogP contribution is 2.17. The zero-order valence-electron chi connectivity index (χ0n) is 12.7. The molecule has 1 rings (SSSR count). The Bertz CT molecular complexity index is 512. The number of rotatable bonds is 7. The maximum absolute atomic E-state index is 12.3. The van der Waals surface area contributed by atoms with E-state index in [1.54, 1.807) is 30.3 Å². The molecule has 0 aromatic heterocycles. The molecule has 0 unspecified atom stereocenters. The van der Waals surface area contributed by atoms with E-state index in [1.165, 1.54) is 7.11 Å². The zero-order chi connectivity index (χ0) is 15.8. The van der Waals surface area contributed by atoms with Gasteiger partial charge in [0.2, 0.25) is 5.91 Å². The first-order valence-electron chi connectivity index (χ1n) is 6.83. The van der Waals surface area contributed by atoms with Crippen molar-refractivity contribution in [3.8, 4) is 5.75 Å². The molecular weight excluding hydrogens is 268 g/mol. The van der Waals surface area contributed by atoms with Crippen LogP contribution in [0.4, 0.5) is 0 Å². The molecule has 1 atom stereocenters. The third-order valence-corrected chi connectivity index (χ3v) is 3.01. The minimum atomic E-state index is -0.609. The summed E-state index contributed by atoms with van der Waals surface area (Å²) in [7, 11) is 1.50. The molecule has 0 aliphatic rings. The number of amides is 2. The Balaban J connectivity index is 2.86. The molecular formula is C16H22N2O3. The number of ether oxygens (including phenoxy) is 1. The lowest BCUT2D eigenvalue weighted by molar-refractivity contribution is -0.123. The van der Waals surface area contributed by atoms with Crippen molar-refractivity contribution in [3.05, 3.63) is 42.5 Å². The molecule has 1 aromatic carbocycles. The molecule has 1 aromatic rings. The minimum absolute atomic E-state index is 0.0338. The number of methoxy groups -OCH3 is 1. The summed E-state index contributed by atoms with van der Waals surface area (Å²) in [5.41, 5.74) is 0.405. The second kappa shape index (κ2) is 8.09. The van der Waals surface area contributed by atoms with Gasteiger partial charge in [0, 0.05) is 6.54 Å². The Labute approximate surface area is 125 Å². The van der Waals surface area contributed by atoms with E-state index in [4.69, 9.17) is 4.74 Å². The van der Waals surface area contributed by atoms with Gasteiger partial charge in [-0.2, -0.15) is 0 Å². The number of carbonyl (C=O) groups excluding carboxylic acids is 2. The summed E-state index contributed by atoms with van der Waals surface area (Å²) in [4.78, 5) is 24.4. The van der Waals surface area contributed by atoms with Crippen LogP contribution in [-0.4, -0.2) is 31.5 Å². The van der Waals surface area contributed by atoms with E-state index in [0.717, 1.165) is 0 Å². The first kappa shape index (κ1) is 16.8. The van der Waals surface area contributed by atoms with E-state index < -0.39 is 6.04 Å². The molecule has 2 amide bonds. The fraction of sp³-hybridized carbons (Fsp3) is 0.375. The predicted molar refractivity (Wildman–Crippen MR) is 82.3 cm³/mol. The van der Waals surface area contributed by atoms with Gasteiger partial charge in [0.1, 0.15) is 11.8 Å². The average molecular weight is 290 g/mol. The van der Waals surface area contributed by atoms with Crippen molar-refractivity contribution in [2.45, 2.75) is 19.9 Å². The van der Waals surface area contributed by atoms with Crippen LogP contribution in [0.25, 0.3) is 0 Å². The van der Waals surface area contributed by atoms with Gasteiger partial charge in [-0.05, 0) is 18.1 Å². The first-order chi connectivity index (χ1) is 10.0. The fourth-order valence-corrected chi connectivity index (χ4v) is 1.87. The van der Waals surface area contributed by atoms with Gasteiger partial charge in [0.15, 0.2) is 0 Å². The van der Waals surface area contributed by atoms with E-state index in [-0.39, 0.29) is 17.7 Å². The second-order valence-electron chi connectivity index (χ2n) is 4.93. The molecule has 2 N–H and O–H groups in total. The SMILES string of the molecule is C=CCNC(=O)[C@@H](NC(=O)c1ccccc1OC)C(C)C. The van der Waals surface area contributed by atoms with Crippen LogP contribution in [0.1, 0.15) is 24.2 Å². The summed E-state index contributed by atoms with van der Waals surface area (Å²) < 4.78 is 5.16. The van der Waals surface area contributed by atoms with Gasteiger partial charge in [-0.15, -0.1) is 6.58 Å². The van der Waals surface area contributed by atoms with Gasteiger partial charge in [-0.25, -0.2) is 0 Å². The molecule has 0 saturated carbocycles. The van der Waals surface area contributed by atoms with Crippen LogP contribution >= 0.6 is 0 Å². The Morgan fingerprint density at radius 1 is 1.33 bits per heavy atom. The van der Waals surface area contributed by atoms with E-state index in [9.17, 15) is 9.59 Å². The largest absolute Gasteiger partial charge is 0.496 e.